The van der Waals surface area contributed by atoms with E-state index >= 15 is 0 Å². The average Bonchev–Trinajstić information content (AvgIpc) is 1.81. The molecular formula is C6H9NO. The van der Waals surface area contributed by atoms with E-state index in [-0.39, 0.29) is 0 Å². The largest absolute Gasteiger partial charge is 0.303 e. The Hall–Kier alpha value is -0.660. The Kier molecular flexibility index (Phi) is 5.82. The first-order valence-electron chi connectivity index (χ1n) is 2.66. The highest BCUT2D eigenvalue weighted by molar-refractivity contribution is 5.53. The van der Waals surface area contributed by atoms with Crippen LogP contribution in [-0.4, -0.2) is 12.5 Å². The topological polar surface area (TPSA) is 40.9 Å². The van der Waals surface area contributed by atoms with Crippen LogP contribution in [0, 0.1) is 5.41 Å². The fourth-order valence-corrected chi connectivity index (χ4v) is 0.411. The van der Waals surface area contributed by atoms with Crippen LogP contribution in [0.25, 0.3) is 0 Å². The minimum absolute atomic E-state index is 0.502. The molecule has 0 fully saturated rings. The van der Waals surface area contributed by atoms with E-state index in [1.807, 2.05) is 0 Å². The summed E-state index contributed by atoms with van der Waals surface area (Å²) < 4.78 is 0. The molecular weight excluding hydrogens is 102 g/mol. The second kappa shape index (κ2) is 6.34. The summed E-state index contributed by atoms with van der Waals surface area (Å²) in [6, 6.07) is 0. The standard InChI is InChI=1S/C6H9NO/c7-5-3-1-2-4-6-8/h7H,1-4H2. The van der Waals surface area contributed by atoms with Crippen LogP contribution in [0.1, 0.15) is 25.7 Å². The van der Waals surface area contributed by atoms with Gasteiger partial charge in [-0.1, -0.05) is 0 Å². The number of hydrogen-bond donors (Lipinski definition) is 1. The van der Waals surface area contributed by atoms with Crippen LogP contribution in [0.2, 0.25) is 0 Å². The van der Waals surface area contributed by atoms with E-state index in [1.165, 1.54) is 0 Å². The van der Waals surface area contributed by atoms with Crippen LogP contribution in [-0.2, 0) is 4.79 Å². The molecule has 0 saturated carbocycles. The zero-order chi connectivity index (χ0) is 6.24. The number of unbranched alkanes of at least 4 members (excludes halogenated alkanes) is 3. The Balaban J connectivity index is 2.71. The van der Waals surface area contributed by atoms with Crippen molar-refractivity contribution in [3.63, 3.8) is 0 Å². The summed E-state index contributed by atoms with van der Waals surface area (Å²) in [7, 11) is 0. The van der Waals surface area contributed by atoms with Crippen molar-refractivity contribution in [1.82, 2.24) is 0 Å². The smallest absolute Gasteiger partial charge is 0.198 e. The molecule has 2 nitrogen and oxygen atoms in total. The summed E-state index contributed by atoms with van der Waals surface area (Å²) >= 11 is 0. The monoisotopic (exact) mass is 111 g/mol. The molecule has 1 N–H and O–H groups in total. The Morgan fingerprint density at radius 1 is 1.25 bits per heavy atom. The normalized spacial score (nSPS) is 8.50. The first-order chi connectivity index (χ1) is 3.91. The average molecular weight is 111 g/mol. The first kappa shape index (κ1) is 7.34. The van der Waals surface area contributed by atoms with Crippen molar-refractivity contribution in [2.75, 3.05) is 0 Å². The molecule has 2 heteroatoms. The van der Waals surface area contributed by atoms with Gasteiger partial charge in [0.15, 0.2) is 6.29 Å². The second-order valence-corrected chi connectivity index (χ2v) is 1.53. The van der Waals surface area contributed by atoms with Crippen molar-refractivity contribution in [2.24, 2.45) is 0 Å². The predicted molar refractivity (Wildman–Crippen MR) is 31.9 cm³/mol. The Labute approximate surface area is 49.4 Å². The maximum Gasteiger partial charge on any atom is 0.198 e. The third-order valence-electron chi connectivity index (χ3n) is 0.831. The lowest BCUT2D eigenvalue weighted by Crippen LogP contribution is -1.77. The third-order valence-corrected chi connectivity index (χ3v) is 0.831. The Bertz CT molecular complexity index is 60.9. The lowest BCUT2D eigenvalue weighted by Gasteiger charge is -1.85. The summed E-state index contributed by atoms with van der Waals surface area (Å²) in [5.74, 6) is 0. The quantitative estimate of drug-likeness (QED) is 0.420. The molecule has 0 rings (SSSR count). The molecule has 0 aliphatic carbocycles. The minimum atomic E-state index is 0.502. The molecule has 0 saturated heterocycles. The molecule has 0 atom stereocenters. The van der Waals surface area contributed by atoms with E-state index in [9.17, 15) is 4.79 Å². The van der Waals surface area contributed by atoms with Gasteiger partial charge in [-0.05, 0) is 19.3 Å². The van der Waals surface area contributed by atoms with Crippen molar-refractivity contribution in [2.45, 2.75) is 25.7 Å². The summed E-state index contributed by atoms with van der Waals surface area (Å²) in [6.07, 6.45) is 6.93. The zero-order valence-corrected chi connectivity index (χ0v) is 4.74. The summed E-state index contributed by atoms with van der Waals surface area (Å²) in [4.78, 5) is 9.58. The molecule has 0 spiro atoms. The molecule has 8 heavy (non-hydrogen) atoms. The maximum absolute atomic E-state index is 9.58. The third kappa shape index (κ3) is 5.34. The number of carbonyl (C=O) groups excluding carboxylic acids is 1. The molecule has 2 radical (unpaired) electrons. The van der Waals surface area contributed by atoms with E-state index in [0.29, 0.717) is 12.8 Å². The van der Waals surface area contributed by atoms with Gasteiger partial charge < -0.3 is 5.41 Å². The van der Waals surface area contributed by atoms with Gasteiger partial charge >= 0.3 is 0 Å². The van der Waals surface area contributed by atoms with Gasteiger partial charge in [-0.3, -0.25) is 4.79 Å². The van der Waals surface area contributed by atoms with Crippen LogP contribution in [0.4, 0.5) is 0 Å². The zero-order valence-electron chi connectivity index (χ0n) is 4.74. The number of rotatable bonds is 5. The van der Waals surface area contributed by atoms with Crippen molar-refractivity contribution >= 4 is 12.5 Å². The first-order valence-corrected chi connectivity index (χ1v) is 2.66. The van der Waals surface area contributed by atoms with Gasteiger partial charge in [-0.2, -0.15) is 0 Å². The van der Waals surface area contributed by atoms with Crippen LogP contribution < -0.4 is 0 Å². The molecule has 0 aromatic rings. The lowest BCUT2D eigenvalue weighted by atomic mass is 10.2. The van der Waals surface area contributed by atoms with Gasteiger partial charge in [0.25, 0.3) is 0 Å². The van der Waals surface area contributed by atoms with Gasteiger partial charge in [0.1, 0.15) is 0 Å². The lowest BCUT2D eigenvalue weighted by molar-refractivity contribution is 0.547. The molecule has 0 heterocycles. The van der Waals surface area contributed by atoms with Crippen LogP contribution in [0.3, 0.4) is 0 Å². The summed E-state index contributed by atoms with van der Waals surface area (Å²) in [6.45, 7) is 0. The van der Waals surface area contributed by atoms with Crippen molar-refractivity contribution < 1.29 is 4.79 Å². The molecule has 44 valence electrons. The maximum atomic E-state index is 9.58. The fourth-order valence-electron chi connectivity index (χ4n) is 0.411. The van der Waals surface area contributed by atoms with Crippen molar-refractivity contribution in [1.29, 1.82) is 5.41 Å². The van der Waals surface area contributed by atoms with E-state index in [4.69, 9.17) is 5.41 Å². The van der Waals surface area contributed by atoms with Crippen LogP contribution >= 0.6 is 0 Å². The van der Waals surface area contributed by atoms with E-state index < -0.39 is 0 Å². The van der Waals surface area contributed by atoms with Gasteiger partial charge in [0.2, 0.25) is 0 Å². The molecule has 0 aromatic carbocycles. The molecule has 0 bridgehead atoms. The molecule has 0 unspecified atom stereocenters. The number of hydrogen-bond acceptors (Lipinski definition) is 2. The highest BCUT2D eigenvalue weighted by Crippen LogP contribution is 1.93. The highest BCUT2D eigenvalue weighted by atomic mass is 16.1. The predicted octanol–water partition coefficient (Wildman–Crippen LogP) is 1.18. The van der Waals surface area contributed by atoms with E-state index in [2.05, 4.69) is 6.21 Å². The van der Waals surface area contributed by atoms with Gasteiger partial charge in [-0.25, -0.2) is 0 Å². The van der Waals surface area contributed by atoms with Crippen LogP contribution in [0.15, 0.2) is 0 Å². The van der Waals surface area contributed by atoms with E-state index in [0.717, 1.165) is 12.8 Å². The Morgan fingerprint density at radius 2 is 1.88 bits per heavy atom. The Morgan fingerprint density at radius 3 is 2.38 bits per heavy atom. The van der Waals surface area contributed by atoms with Gasteiger partial charge in [-0.15, -0.1) is 0 Å². The molecule has 0 amide bonds. The van der Waals surface area contributed by atoms with Crippen molar-refractivity contribution in [3.05, 3.63) is 0 Å². The molecule has 0 aromatic heterocycles. The fraction of sp³-hybridized carbons (Fsp3) is 0.667. The summed E-state index contributed by atoms with van der Waals surface area (Å²) in [5.41, 5.74) is 0. The van der Waals surface area contributed by atoms with Gasteiger partial charge in [0.05, 0.1) is 6.21 Å². The second-order valence-electron chi connectivity index (χ2n) is 1.53. The summed E-state index contributed by atoms with van der Waals surface area (Å²) in [5, 5.41) is 6.49. The highest BCUT2D eigenvalue weighted by Gasteiger charge is 1.83. The SMILES string of the molecule is N=[C]CCCC[C]=O. The molecule has 0 aliphatic heterocycles. The minimum Gasteiger partial charge on any atom is -0.303 e. The van der Waals surface area contributed by atoms with E-state index in [1.54, 1.807) is 6.29 Å². The number of nitrogens with one attached hydrogen (secondary N) is 1. The van der Waals surface area contributed by atoms with Gasteiger partial charge in [0, 0.05) is 6.42 Å². The molecule has 0 aliphatic rings. The van der Waals surface area contributed by atoms with Crippen molar-refractivity contribution in [3.8, 4) is 0 Å². The van der Waals surface area contributed by atoms with Crippen LogP contribution in [0.5, 0.6) is 0 Å².